The number of anilines is 2. The lowest BCUT2D eigenvalue weighted by atomic mass is 10.1. The number of carbonyl (C=O) groups excluding carboxylic acids is 1. The van der Waals surface area contributed by atoms with Gasteiger partial charge in [0.1, 0.15) is 0 Å². The van der Waals surface area contributed by atoms with Crippen LogP contribution in [0.2, 0.25) is 0 Å². The van der Waals surface area contributed by atoms with Gasteiger partial charge in [-0.25, -0.2) is 0 Å². The molecule has 2 rings (SSSR count). The first-order valence-corrected chi connectivity index (χ1v) is 7.64. The van der Waals surface area contributed by atoms with Crippen molar-refractivity contribution in [3.05, 3.63) is 54.1 Å². The summed E-state index contributed by atoms with van der Waals surface area (Å²) in [6.45, 7) is 1.62. The van der Waals surface area contributed by atoms with Crippen molar-refractivity contribution in [2.24, 2.45) is 0 Å². The van der Waals surface area contributed by atoms with E-state index in [4.69, 9.17) is 5.73 Å². The number of benzene rings is 2. The SMILES string of the molecule is CC(Sc1cccc(N)c1)C(=O)Nc1ccccc1C(F)(F)F. The normalized spacial score (nSPS) is 12.7. The minimum atomic E-state index is -4.52. The smallest absolute Gasteiger partial charge is 0.399 e. The van der Waals surface area contributed by atoms with Gasteiger partial charge in [-0.05, 0) is 37.3 Å². The Labute approximate surface area is 136 Å². The van der Waals surface area contributed by atoms with Gasteiger partial charge in [-0.2, -0.15) is 13.2 Å². The molecule has 0 bridgehead atoms. The highest BCUT2D eigenvalue weighted by Gasteiger charge is 2.33. The van der Waals surface area contributed by atoms with Gasteiger partial charge in [0.15, 0.2) is 0 Å². The topological polar surface area (TPSA) is 55.1 Å². The van der Waals surface area contributed by atoms with E-state index in [0.717, 1.165) is 11.0 Å². The van der Waals surface area contributed by atoms with Crippen molar-refractivity contribution >= 4 is 29.0 Å². The summed E-state index contributed by atoms with van der Waals surface area (Å²) < 4.78 is 38.8. The molecule has 0 aliphatic heterocycles. The number of hydrogen-bond acceptors (Lipinski definition) is 3. The van der Waals surface area contributed by atoms with Gasteiger partial charge in [-0.1, -0.05) is 18.2 Å². The molecule has 1 amide bonds. The molecule has 3 N–H and O–H groups in total. The van der Waals surface area contributed by atoms with Crippen molar-refractivity contribution in [2.75, 3.05) is 11.1 Å². The van der Waals surface area contributed by atoms with Crippen LogP contribution in [0.3, 0.4) is 0 Å². The van der Waals surface area contributed by atoms with Crippen LogP contribution in [-0.4, -0.2) is 11.2 Å². The van der Waals surface area contributed by atoms with E-state index in [2.05, 4.69) is 5.32 Å². The average Bonchev–Trinajstić information content (AvgIpc) is 2.46. The van der Waals surface area contributed by atoms with Gasteiger partial charge in [0.05, 0.1) is 16.5 Å². The Kier molecular flexibility index (Phi) is 5.20. The molecule has 0 heterocycles. The summed E-state index contributed by atoms with van der Waals surface area (Å²) in [5.41, 5.74) is 5.11. The highest BCUT2D eigenvalue weighted by atomic mass is 32.2. The second-order valence-electron chi connectivity index (χ2n) is 4.87. The first-order chi connectivity index (χ1) is 10.8. The minimum absolute atomic E-state index is 0.245. The molecule has 7 heteroatoms. The highest BCUT2D eigenvalue weighted by Crippen LogP contribution is 2.35. The van der Waals surface area contributed by atoms with E-state index in [9.17, 15) is 18.0 Å². The van der Waals surface area contributed by atoms with Gasteiger partial charge >= 0.3 is 6.18 Å². The predicted molar refractivity (Wildman–Crippen MR) is 86.2 cm³/mol. The first kappa shape index (κ1) is 17.2. The second-order valence-corrected chi connectivity index (χ2v) is 6.28. The zero-order chi connectivity index (χ0) is 17.0. The van der Waals surface area contributed by atoms with Crippen molar-refractivity contribution in [3.8, 4) is 0 Å². The molecule has 3 nitrogen and oxygen atoms in total. The molecular formula is C16H15F3N2OS. The van der Waals surface area contributed by atoms with Gasteiger partial charge in [0.2, 0.25) is 5.91 Å². The third kappa shape index (κ3) is 4.66. The molecule has 0 saturated heterocycles. The van der Waals surface area contributed by atoms with Crippen molar-refractivity contribution in [2.45, 2.75) is 23.2 Å². The second kappa shape index (κ2) is 6.95. The summed E-state index contributed by atoms with van der Waals surface area (Å²) >= 11 is 1.23. The fraction of sp³-hybridized carbons (Fsp3) is 0.188. The summed E-state index contributed by atoms with van der Waals surface area (Å²) in [6, 6.07) is 11.9. The van der Waals surface area contributed by atoms with Gasteiger partial charge in [0, 0.05) is 10.6 Å². The molecule has 0 saturated carbocycles. The molecule has 0 aromatic heterocycles. The molecule has 1 unspecified atom stereocenters. The van der Waals surface area contributed by atoms with Crippen LogP contribution in [0.15, 0.2) is 53.4 Å². The van der Waals surface area contributed by atoms with E-state index >= 15 is 0 Å². The molecule has 0 aliphatic rings. The van der Waals surface area contributed by atoms with Crippen LogP contribution in [0.1, 0.15) is 12.5 Å². The minimum Gasteiger partial charge on any atom is -0.399 e. The van der Waals surface area contributed by atoms with E-state index in [1.165, 1.54) is 30.0 Å². The molecule has 0 spiro atoms. The van der Waals surface area contributed by atoms with Crippen molar-refractivity contribution in [1.82, 2.24) is 0 Å². The van der Waals surface area contributed by atoms with Gasteiger partial charge < -0.3 is 11.1 Å². The summed E-state index contributed by atoms with van der Waals surface area (Å²) in [5.74, 6) is -0.505. The monoisotopic (exact) mass is 340 g/mol. The number of halogens is 3. The van der Waals surface area contributed by atoms with E-state index < -0.39 is 22.9 Å². The van der Waals surface area contributed by atoms with Crippen LogP contribution < -0.4 is 11.1 Å². The number of amides is 1. The molecule has 1 atom stereocenters. The average molecular weight is 340 g/mol. The lowest BCUT2D eigenvalue weighted by molar-refractivity contribution is -0.137. The highest BCUT2D eigenvalue weighted by molar-refractivity contribution is 8.00. The Bertz CT molecular complexity index is 704. The van der Waals surface area contributed by atoms with E-state index in [-0.39, 0.29) is 5.69 Å². The zero-order valence-corrected chi connectivity index (χ0v) is 13.0. The molecular weight excluding hydrogens is 325 g/mol. The number of carbonyl (C=O) groups is 1. The maximum Gasteiger partial charge on any atom is 0.418 e. The number of rotatable bonds is 4. The standard InChI is InChI=1S/C16H15F3N2OS/c1-10(23-12-6-4-5-11(20)9-12)15(22)21-14-8-3-2-7-13(14)16(17,18)19/h2-10H,20H2,1H3,(H,21,22). The number of para-hydroxylation sites is 1. The molecule has 122 valence electrons. The maximum absolute atomic E-state index is 12.9. The Balaban J connectivity index is 2.10. The molecule has 0 aliphatic carbocycles. The van der Waals surface area contributed by atoms with Gasteiger partial charge in [-0.3, -0.25) is 4.79 Å². The lowest BCUT2D eigenvalue weighted by Crippen LogP contribution is -2.24. The zero-order valence-electron chi connectivity index (χ0n) is 12.2. The molecule has 0 radical (unpaired) electrons. The number of nitrogens with two attached hydrogens (primary N) is 1. The molecule has 2 aromatic carbocycles. The number of nitrogen functional groups attached to an aromatic ring is 1. The van der Waals surface area contributed by atoms with Crippen LogP contribution >= 0.6 is 11.8 Å². The van der Waals surface area contributed by atoms with Crippen LogP contribution in [0.4, 0.5) is 24.5 Å². The number of hydrogen-bond donors (Lipinski definition) is 2. The number of alkyl halides is 3. The van der Waals surface area contributed by atoms with E-state index in [0.29, 0.717) is 5.69 Å². The first-order valence-electron chi connectivity index (χ1n) is 6.76. The van der Waals surface area contributed by atoms with Gasteiger partial charge in [-0.15, -0.1) is 11.8 Å². The van der Waals surface area contributed by atoms with E-state index in [1.807, 2.05) is 0 Å². The predicted octanol–water partition coefficient (Wildman–Crippen LogP) is 4.41. The Morgan fingerprint density at radius 1 is 1.17 bits per heavy atom. The summed E-state index contributed by atoms with van der Waals surface area (Å²) in [7, 11) is 0. The maximum atomic E-state index is 12.9. The van der Waals surface area contributed by atoms with Crippen LogP contribution in [0.25, 0.3) is 0 Å². The van der Waals surface area contributed by atoms with Gasteiger partial charge in [0.25, 0.3) is 0 Å². The van der Waals surface area contributed by atoms with E-state index in [1.54, 1.807) is 31.2 Å². The summed E-state index contributed by atoms with van der Waals surface area (Å²) in [4.78, 5) is 12.9. The van der Waals surface area contributed by atoms with Crippen molar-refractivity contribution < 1.29 is 18.0 Å². The fourth-order valence-corrected chi connectivity index (χ4v) is 2.85. The third-order valence-corrected chi connectivity index (χ3v) is 4.12. The largest absolute Gasteiger partial charge is 0.418 e. The fourth-order valence-electron chi connectivity index (χ4n) is 1.92. The van der Waals surface area contributed by atoms with Crippen LogP contribution in [0, 0.1) is 0 Å². The Morgan fingerprint density at radius 3 is 2.52 bits per heavy atom. The summed E-state index contributed by atoms with van der Waals surface area (Å²) in [5, 5.41) is 1.77. The Hall–Kier alpha value is -2.15. The van der Waals surface area contributed by atoms with Crippen LogP contribution in [0.5, 0.6) is 0 Å². The van der Waals surface area contributed by atoms with Crippen molar-refractivity contribution in [3.63, 3.8) is 0 Å². The number of thioether (sulfide) groups is 1. The molecule has 0 fully saturated rings. The quantitative estimate of drug-likeness (QED) is 0.640. The molecule has 2 aromatic rings. The molecule has 23 heavy (non-hydrogen) atoms. The van der Waals surface area contributed by atoms with Crippen LogP contribution in [-0.2, 0) is 11.0 Å². The third-order valence-electron chi connectivity index (χ3n) is 3.03. The summed E-state index contributed by atoms with van der Waals surface area (Å²) in [6.07, 6.45) is -4.52. The Morgan fingerprint density at radius 2 is 1.87 bits per heavy atom. The van der Waals surface area contributed by atoms with Crippen molar-refractivity contribution in [1.29, 1.82) is 0 Å². The lowest BCUT2D eigenvalue weighted by Gasteiger charge is -2.16. The number of nitrogens with one attached hydrogen (secondary N) is 1.